The highest BCUT2D eigenvalue weighted by molar-refractivity contribution is 5.93. The summed E-state index contributed by atoms with van der Waals surface area (Å²) in [5, 5.41) is 15.1. The third kappa shape index (κ3) is 8.31. The number of aliphatic hydroxyl groups excluding tert-OH is 1. The molecule has 40 heavy (non-hydrogen) atoms. The van der Waals surface area contributed by atoms with Crippen LogP contribution >= 0.6 is 0 Å². The molecule has 1 saturated heterocycles. The molecule has 1 aliphatic heterocycles. The normalized spacial score (nSPS) is 14.0. The topological polar surface area (TPSA) is 100 Å². The number of carbonyl (C=O) groups is 2. The Bertz CT molecular complexity index is 1270. The van der Waals surface area contributed by atoms with Gasteiger partial charge in [0.15, 0.2) is 0 Å². The van der Waals surface area contributed by atoms with Crippen LogP contribution in [-0.4, -0.2) is 61.5 Å². The zero-order valence-electron chi connectivity index (χ0n) is 23.3. The van der Waals surface area contributed by atoms with Crippen LogP contribution in [0, 0.1) is 0 Å². The van der Waals surface area contributed by atoms with Crippen molar-refractivity contribution in [3.63, 3.8) is 0 Å². The van der Waals surface area contributed by atoms with Crippen molar-refractivity contribution >= 4 is 23.4 Å². The van der Waals surface area contributed by atoms with E-state index in [2.05, 4.69) is 22.6 Å². The van der Waals surface area contributed by atoms with Gasteiger partial charge in [-0.15, -0.1) is 0 Å². The highest BCUT2D eigenvalue weighted by atomic mass is 16.6. The molecule has 3 aromatic carbocycles. The predicted octanol–water partition coefficient (Wildman–Crippen LogP) is 5.50. The molecule has 0 spiro atoms. The van der Waals surface area contributed by atoms with Crippen molar-refractivity contribution in [1.82, 2.24) is 4.90 Å². The van der Waals surface area contributed by atoms with Crippen LogP contribution in [0.3, 0.4) is 0 Å². The lowest BCUT2D eigenvalue weighted by atomic mass is 9.99. The third-order valence-electron chi connectivity index (χ3n) is 7.01. The Morgan fingerprint density at radius 2 is 1.65 bits per heavy atom. The number of ether oxygens (including phenoxy) is 2. The number of aryl methyl sites for hydroxylation is 1. The number of aliphatic hydroxyl groups is 1. The van der Waals surface area contributed by atoms with Crippen LogP contribution in [0.1, 0.15) is 37.3 Å². The molecule has 0 saturated carbocycles. The average Bonchev–Trinajstić information content (AvgIpc) is 2.95. The fourth-order valence-electron chi connectivity index (χ4n) is 4.81. The summed E-state index contributed by atoms with van der Waals surface area (Å²) in [5.41, 5.74) is 4.99. The van der Waals surface area contributed by atoms with Gasteiger partial charge in [-0.1, -0.05) is 48.5 Å². The van der Waals surface area contributed by atoms with E-state index < -0.39 is 6.09 Å². The molecule has 3 N–H and O–H groups in total. The van der Waals surface area contributed by atoms with Crippen LogP contribution in [0.4, 0.5) is 16.2 Å². The zero-order valence-corrected chi connectivity index (χ0v) is 23.3. The van der Waals surface area contributed by atoms with E-state index in [9.17, 15) is 14.7 Å². The quantitative estimate of drug-likeness (QED) is 0.294. The van der Waals surface area contributed by atoms with Crippen LogP contribution in [-0.2, 0) is 22.4 Å². The molecule has 1 aliphatic rings. The molecule has 212 valence electrons. The van der Waals surface area contributed by atoms with Crippen LogP contribution in [0.5, 0.6) is 5.75 Å². The maximum Gasteiger partial charge on any atom is 0.411 e. The number of hydrogen-bond acceptors (Lipinski definition) is 6. The Balaban J connectivity index is 1.44. The summed E-state index contributed by atoms with van der Waals surface area (Å²) >= 11 is 0. The van der Waals surface area contributed by atoms with E-state index in [4.69, 9.17) is 9.47 Å². The van der Waals surface area contributed by atoms with E-state index in [0.29, 0.717) is 36.6 Å². The second kappa shape index (κ2) is 14.5. The first-order valence-corrected chi connectivity index (χ1v) is 14.0. The van der Waals surface area contributed by atoms with Crippen molar-refractivity contribution in [3.05, 3.63) is 77.9 Å². The number of amides is 2. The van der Waals surface area contributed by atoms with Gasteiger partial charge >= 0.3 is 6.09 Å². The van der Waals surface area contributed by atoms with Gasteiger partial charge in [0.25, 0.3) is 0 Å². The lowest BCUT2D eigenvalue weighted by molar-refractivity contribution is -0.116. The van der Waals surface area contributed by atoms with Gasteiger partial charge in [-0.25, -0.2) is 4.79 Å². The Labute approximate surface area is 236 Å². The van der Waals surface area contributed by atoms with Crippen molar-refractivity contribution in [3.8, 4) is 16.9 Å². The van der Waals surface area contributed by atoms with E-state index in [1.54, 1.807) is 6.07 Å². The summed E-state index contributed by atoms with van der Waals surface area (Å²) in [5.74, 6) is 0.447. The molecule has 0 radical (unpaired) electrons. The first-order valence-electron chi connectivity index (χ1n) is 14.0. The van der Waals surface area contributed by atoms with Crippen LogP contribution < -0.4 is 15.4 Å². The molecule has 0 bridgehead atoms. The van der Waals surface area contributed by atoms with E-state index in [0.717, 1.165) is 48.2 Å². The average molecular weight is 546 g/mol. The molecule has 1 heterocycles. The van der Waals surface area contributed by atoms with Gasteiger partial charge in [0, 0.05) is 31.7 Å². The maximum absolute atomic E-state index is 12.8. The lowest BCUT2D eigenvalue weighted by Gasteiger charge is -2.28. The zero-order chi connectivity index (χ0) is 28.3. The van der Waals surface area contributed by atoms with Gasteiger partial charge in [-0.05, 0) is 74.5 Å². The summed E-state index contributed by atoms with van der Waals surface area (Å²) < 4.78 is 11.4. The largest absolute Gasteiger partial charge is 0.492 e. The summed E-state index contributed by atoms with van der Waals surface area (Å²) in [7, 11) is 2.07. The number of likely N-dealkylation sites (tertiary alicyclic amines) is 1. The molecule has 3 aromatic rings. The Morgan fingerprint density at radius 1 is 0.925 bits per heavy atom. The molecule has 1 fully saturated rings. The van der Waals surface area contributed by atoms with Gasteiger partial charge in [0.1, 0.15) is 11.9 Å². The monoisotopic (exact) mass is 545 g/mol. The van der Waals surface area contributed by atoms with Gasteiger partial charge in [-0.2, -0.15) is 0 Å². The van der Waals surface area contributed by atoms with Crippen molar-refractivity contribution < 1.29 is 24.2 Å². The van der Waals surface area contributed by atoms with Gasteiger partial charge in [0.05, 0.1) is 18.0 Å². The molecule has 8 nitrogen and oxygen atoms in total. The number of anilines is 2. The van der Waals surface area contributed by atoms with Crippen molar-refractivity contribution in [2.45, 2.75) is 45.1 Å². The highest BCUT2D eigenvalue weighted by Gasteiger charge is 2.21. The summed E-state index contributed by atoms with van der Waals surface area (Å²) in [6, 6.07) is 21.3. The smallest absolute Gasteiger partial charge is 0.411 e. The van der Waals surface area contributed by atoms with Crippen LogP contribution in [0.25, 0.3) is 11.1 Å². The predicted molar refractivity (Wildman–Crippen MR) is 158 cm³/mol. The molecular weight excluding hydrogens is 506 g/mol. The Kier molecular flexibility index (Phi) is 10.5. The molecule has 0 atom stereocenters. The minimum atomic E-state index is -0.463. The fraction of sp³-hybridized carbons (Fsp3) is 0.375. The minimum absolute atomic E-state index is 0.0487. The number of benzene rings is 3. The van der Waals surface area contributed by atoms with Crippen LogP contribution in [0.2, 0.25) is 0 Å². The number of carbonyl (C=O) groups excluding carboxylic acids is 2. The standard InChI is InChI=1S/C32H39N3O5/c1-3-39-30-22-24(17-20-36)10-13-28(30)33-31(37)14-11-23-9-12-27(25-7-5-4-6-8-25)29(21-23)34-32(38)40-26-15-18-35(2)19-16-26/h4-10,12-13,21-22,26,36H,3,11,14-20H2,1-2H3,(H,33,37)(H,34,38). The lowest BCUT2D eigenvalue weighted by Crippen LogP contribution is -2.36. The van der Waals surface area contributed by atoms with Gasteiger partial charge < -0.3 is 24.8 Å². The molecule has 4 rings (SSSR count). The maximum atomic E-state index is 12.8. The number of hydrogen-bond donors (Lipinski definition) is 3. The number of nitrogens with zero attached hydrogens (tertiary/aromatic N) is 1. The molecule has 0 aliphatic carbocycles. The first-order chi connectivity index (χ1) is 19.4. The number of rotatable bonds is 11. The first kappa shape index (κ1) is 29.1. The summed E-state index contributed by atoms with van der Waals surface area (Å²) in [6.45, 7) is 4.22. The van der Waals surface area contributed by atoms with Crippen molar-refractivity contribution in [1.29, 1.82) is 0 Å². The molecule has 0 unspecified atom stereocenters. The van der Waals surface area contributed by atoms with Crippen LogP contribution in [0.15, 0.2) is 66.7 Å². The molecule has 8 heteroatoms. The highest BCUT2D eigenvalue weighted by Crippen LogP contribution is 2.30. The van der Waals surface area contributed by atoms with E-state index in [1.807, 2.05) is 67.6 Å². The summed E-state index contributed by atoms with van der Waals surface area (Å²) in [4.78, 5) is 27.9. The van der Waals surface area contributed by atoms with E-state index in [-0.39, 0.29) is 25.0 Å². The Hall–Kier alpha value is -3.88. The number of piperidine rings is 1. The van der Waals surface area contributed by atoms with Crippen molar-refractivity contribution in [2.75, 3.05) is 44.0 Å². The van der Waals surface area contributed by atoms with Gasteiger partial charge in [-0.3, -0.25) is 10.1 Å². The third-order valence-corrected chi connectivity index (χ3v) is 7.01. The second-order valence-electron chi connectivity index (χ2n) is 10.1. The summed E-state index contributed by atoms with van der Waals surface area (Å²) in [6.07, 6.45) is 2.35. The van der Waals surface area contributed by atoms with E-state index in [1.165, 1.54) is 0 Å². The van der Waals surface area contributed by atoms with Crippen molar-refractivity contribution in [2.24, 2.45) is 0 Å². The minimum Gasteiger partial charge on any atom is -0.492 e. The molecular formula is C32H39N3O5. The van der Waals surface area contributed by atoms with Gasteiger partial charge in [0.2, 0.25) is 5.91 Å². The Morgan fingerprint density at radius 3 is 2.38 bits per heavy atom. The van der Waals surface area contributed by atoms with E-state index >= 15 is 0 Å². The SMILES string of the molecule is CCOc1cc(CCO)ccc1NC(=O)CCc1ccc(-c2ccccc2)c(NC(=O)OC2CCN(C)CC2)c1. The fourth-order valence-corrected chi connectivity index (χ4v) is 4.81. The number of nitrogens with one attached hydrogen (secondary N) is 2. The molecule has 2 amide bonds. The second-order valence-corrected chi connectivity index (χ2v) is 10.1. The molecule has 0 aromatic heterocycles.